The van der Waals surface area contributed by atoms with E-state index in [4.69, 9.17) is 0 Å². The molecule has 1 aliphatic heterocycles. The first kappa shape index (κ1) is 23.8. The van der Waals surface area contributed by atoms with E-state index in [9.17, 15) is 19.5 Å². The zero-order valence-electron chi connectivity index (χ0n) is 16.4. The van der Waals surface area contributed by atoms with Crippen LogP contribution in [0.5, 0.6) is 5.75 Å². The van der Waals surface area contributed by atoms with Gasteiger partial charge in [-0.15, -0.1) is 0 Å². The summed E-state index contributed by atoms with van der Waals surface area (Å²) in [5, 5.41) is 19.1. The van der Waals surface area contributed by atoms with Gasteiger partial charge >= 0.3 is 21.8 Å². The molecule has 0 spiro atoms. The Morgan fingerprint density at radius 1 is 1.29 bits per heavy atom. The summed E-state index contributed by atoms with van der Waals surface area (Å²) in [5.41, 5.74) is 2.35. The summed E-state index contributed by atoms with van der Waals surface area (Å²) < 4.78 is 0. The molecule has 3 N–H and O–H groups in total. The quantitative estimate of drug-likeness (QED) is 0.619. The van der Waals surface area contributed by atoms with Gasteiger partial charge in [0.05, 0.1) is 0 Å². The Morgan fingerprint density at radius 2 is 1.89 bits per heavy atom. The molecule has 8 heteroatoms. The molecule has 1 aromatic carbocycles. The van der Waals surface area contributed by atoms with Crippen molar-refractivity contribution in [1.29, 1.82) is 0 Å². The van der Waals surface area contributed by atoms with Crippen molar-refractivity contribution in [2.75, 3.05) is 20.1 Å². The maximum atomic E-state index is 12.3. The summed E-state index contributed by atoms with van der Waals surface area (Å²) in [6.45, 7) is 2.91. The number of phenolic OH excluding ortho intramolecular Hbond substituents is 1. The second-order valence-electron chi connectivity index (χ2n) is 6.73. The summed E-state index contributed by atoms with van der Waals surface area (Å²) >= 11 is 1.81. The van der Waals surface area contributed by atoms with Gasteiger partial charge in [0, 0.05) is 39.5 Å². The van der Waals surface area contributed by atoms with E-state index < -0.39 is 0 Å². The Kier molecular flexibility index (Phi) is 10.5. The number of rotatable bonds is 4. The summed E-state index contributed by atoms with van der Waals surface area (Å²) in [6, 6.07) is 5.64. The van der Waals surface area contributed by atoms with Crippen molar-refractivity contribution in [3.63, 3.8) is 0 Å². The molecule has 1 aliphatic carbocycles. The summed E-state index contributed by atoms with van der Waals surface area (Å²) in [4.78, 5) is 34.3. The number of hydrogen-bond acceptors (Lipinski definition) is 4. The van der Waals surface area contributed by atoms with Gasteiger partial charge in [-0.1, -0.05) is 6.07 Å². The molecule has 1 saturated carbocycles. The van der Waals surface area contributed by atoms with E-state index in [2.05, 4.69) is 15.7 Å². The van der Waals surface area contributed by atoms with Crippen molar-refractivity contribution in [3.8, 4) is 10.8 Å². The van der Waals surface area contributed by atoms with E-state index in [1.54, 1.807) is 19.2 Å². The first-order valence-electron chi connectivity index (χ1n) is 9.17. The fourth-order valence-electron chi connectivity index (χ4n) is 3.08. The topological polar surface area (TPSA) is 98.7 Å². The third-order valence-electron chi connectivity index (χ3n) is 4.84. The number of hydrogen-bond donors (Lipinski definition) is 3. The van der Waals surface area contributed by atoms with Gasteiger partial charge in [-0.3, -0.25) is 14.4 Å². The average molecular weight is 425 g/mol. The standard InChI is InChI=1S/C16H20N2O3.C3H7NO.CH.V/c19-10-17-15-8-13(15)9-16(21)18-5-3-11-1-2-14(20)7-12(11)4-6-18;1-3(5)4-2;;/h1-2,7,10,13,15,20H,3-6,8-9H2,(H,17,19);1-2H3,(H,4,5);1H;. The van der Waals surface area contributed by atoms with Crippen LogP contribution in [0.4, 0.5) is 0 Å². The first-order valence-corrected chi connectivity index (χ1v) is 9.97. The van der Waals surface area contributed by atoms with E-state index in [-0.39, 0.29) is 23.6 Å². The zero-order chi connectivity index (χ0) is 21.1. The Bertz CT molecular complexity index is 708. The van der Waals surface area contributed by atoms with Crippen molar-refractivity contribution in [1.82, 2.24) is 15.5 Å². The molecule has 1 heterocycles. The maximum absolute atomic E-state index is 12.3. The fourth-order valence-corrected chi connectivity index (χ4v) is 3.08. The third kappa shape index (κ3) is 7.81. The number of carbonyl (C=O) groups is 3. The number of nitrogens with one attached hydrogen (secondary N) is 2. The fraction of sp³-hybridized carbons (Fsp3) is 0.500. The molecule has 2 unspecified atom stereocenters. The molecule has 0 aromatic heterocycles. The van der Waals surface area contributed by atoms with Crippen LogP contribution in [0, 0.1) is 11.0 Å². The molecule has 0 radical (unpaired) electrons. The van der Waals surface area contributed by atoms with Gasteiger partial charge in [0.1, 0.15) is 5.75 Å². The second-order valence-corrected chi connectivity index (χ2v) is 6.73. The van der Waals surface area contributed by atoms with Crippen LogP contribution in [-0.4, -0.2) is 54.4 Å². The molecule has 28 heavy (non-hydrogen) atoms. The zero-order valence-corrected chi connectivity index (χ0v) is 17.7. The molecule has 1 fully saturated rings. The van der Waals surface area contributed by atoms with Gasteiger partial charge in [-0.05, 0) is 48.4 Å². The number of fused-ring (bicyclic) bond motifs is 1. The Morgan fingerprint density at radius 3 is 2.46 bits per heavy atom. The minimum atomic E-state index is 0.00463. The predicted molar refractivity (Wildman–Crippen MR) is 102 cm³/mol. The van der Waals surface area contributed by atoms with Crippen LogP contribution in [-0.2, 0) is 44.0 Å². The van der Waals surface area contributed by atoms with Gasteiger partial charge in [0.25, 0.3) is 0 Å². The second kappa shape index (κ2) is 12.3. The van der Waals surface area contributed by atoms with E-state index in [0.717, 1.165) is 31.4 Å². The van der Waals surface area contributed by atoms with E-state index >= 15 is 0 Å². The molecular weight excluding hydrogens is 397 g/mol. The van der Waals surface area contributed by atoms with Crippen LogP contribution >= 0.6 is 0 Å². The average Bonchev–Trinajstić information content (AvgIpc) is 3.45. The normalized spacial score (nSPS) is 19.2. The van der Waals surface area contributed by atoms with Gasteiger partial charge in [-0.2, -0.15) is 0 Å². The molecule has 2 atom stereocenters. The van der Waals surface area contributed by atoms with Crippen LogP contribution < -0.4 is 10.6 Å². The van der Waals surface area contributed by atoms with Crippen LogP contribution in [0.15, 0.2) is 18.2 Å². The number of phenols is 1. The SMILES string of the molecule is CNC(C)=O.O=CNC1CC1CC(=O)N1CCc2ccc(O)cc2CC1.[CH]#[V]. The molecule has 0 saturated heterocycles. The predicted octanol–water partition coefficient (Wildman–Crippen LogP) is 0.719. The van der Waals surface area contributed by atoms with Crippen LogP contribution in [0.2, 0.25) is 0 Å². The van der Waals surface area contributed by atoms with Gasteiger partial charge < -0.3 is 20.6 Å². The first-order chi connectivity index (χ1) is 13.4. The molecule has 3 rings (SSSR count). The monoisotopic (exact) mass is 425 g/mol. The van der Waals surface area contributed by atoms with Gasteiger partial charge in [0.2, 0.25) is 18.2 Å². The summed E-state index contributed by atoms with van der Waals surface area (Å²) in [7, 11) is 1.60. The van der Waals surface area contributed by atoms with Crippen molar-refractivity contribution in [2.45, 2.75) is 38.6 Å². The van der Waals surface area contributed by atoms with E-state index in [1.807, 2.05) is 27.8 Å². The number of amides is 3. The number of carbonyl (C=O) groups excluding carboxylic acids is 3. The molecule has 2 aliphatic rings. The van der Waals surface area contributed by atoms with Crippen molar-refractivity contribution < 1.29 is 36.3 Å². The molecule has 3 amide bonds. The van der Waals surface area contributed by atoms with Crippen molar-refractivity contribution in [3.05, 3.63) is 29.3 Å². The Hall–Kier alpha value is -2.21. The third-order valence-corrected chi connectivity index (χ3v) is 4.84. The number of aromatic hydroxyl groups is 1. The Balaban J connectivity index is 0.000000490. The van der Waals surface area contributed by atoms with E-state index in [0.29, 0.717) is 25.3 Å². The molecule has 7 nitrogen and oxygen atoms in total. The molecule has 152 valence electrons. The van der Waals surface area contributed by atoms with E-state index in [1.165, 1.54) is 12.5 Å². The Labute approximate surface area is 175 Å². The van der Waals surface area contributed by atoms with Crippen LogP contribution in [0.1, 0.15) is 30.9 Å². The van der Waals surface area contributed by atoms with Crippen molar-refractivity contribution in [2.24, 2.45) is 5.92 Å². The number of nitrogens with zero attached hydrogens (tertiary/aromatic N) is 1. The van der Waals surface area contributed by atoms with Crippen LogP contribution in [0.25, 0.3) is 0 Å². The molecular formula is C20H28N3O4V. The number of benzene rings is 1. The van der Waals surface area contributed by atoms with Crippen molar-refractivity contribution >= 4 is 18.2 Å². The summed E-state index contributed by atoms with van der Waals surface area (Å²) in [6.07, 6.45) is 3.77. The van der Waals surface area contributed by atoms with Gasteiger partial charge in [-0.25, -0.2) is 0 Å². The molecule has 0 bridgehead atoms. The summed E-state index contributed by atoms with van der Waals surface area (Å²) in [5.74, 6) is 0.767. The van der Waals surface area contributed by atoms with Crippen LogP contribution in [0.3, 0.4) is 0 Å². The van der Waals surface area contributed by atoms with Gasteiger partial charge in [0.15, 0.2) is 0 Å². The molecule has 1 aromatic rings. The minimum absolute atomic E-state index is 0.00463.